The van der Waals surface area contributed by atoms with Crippen LogP contribution in [0.4, 0.5) is 5.13 Å². The number of hydrogen-bond acceptors (Lipinski definition) is 5. The fraction of sp³-hybridized carbons (Fsp3) is 0.556. The Balaban J connectivity index is 2.07. The first-order valence-corrected chi connectivity index (χ1v) is 5.46. The third kappa shape index (κ3) is 2.27. The topological polar surface area (TPSA) is 71.5 Å². The number of ether oxygens (including phenoxy) is 1. The number of carboxylic acids is 1. The van der Waals surface area contributed by atoms with Crippen molar-refractivity contribution < 1.29 is 14.6 Å². The zero-order valence-electron chi connectivity index (χ0n) is 8.32. The van der Waals surface area contributed by atoms with Crippen molar-refractivity contribution in [1.82, 2.24) is 4.98 Å². The molecule has 0 saturated carbocycles. The number of carbonyl (C=O) groups is 1. The third-order valence-electron chi connectivity index (χ3n) is 2.34. The molecule has 2 rings (SSSR count). The van der Waals surface area contributed by atoms with E-state index in [4.69, 9.17) is 9.84 Å². The van der Waals surface area contributed by atoms with Crippen molar-refractivity contribution in [2.45, 2.75) is 18.9 Å². The van der Waals surface area contributed by atoms with Gasteiger partial charge in [-0.1, -0.05) is 11.3 Å². The number of aromatic nitrogens is 1. The lowest BCUT2D eigenvalue weighted by Crippen LogP contribution is -2.34. The molecular weight excluding hydrogens is 216 g/mol. The molecule has 1 atom stereocenters. The second-order valence-corrected chi connectivity index (χ2v) is 4.85. The summed E-state index contributed by atoms with van der Waals surface area (Å²) in [6, 6.07) is 0. The minimum absolute atomic E-state index is 0.117. The highest BCUT2D eigenvalue weighted by atomic mass is 32.1. The molecule has 82 valence electrons. The molecule has 1 aromatic heterocycles. The van der Waals surface area contributed by atoms with E-state index < -0.39 is 5.97 Å². The van der Waals surface area contributed by atoms with Gasteiger partial charge in [0, 0.05) is 6.61 Å². The van der Waals surface area contributed by atoms with E-state index >= 15 is 0 Å². The first-order valence-electron chi connectivity index (χ1n) is 4.64. The van der Waals surface area contributed by atoms with E-state index in [1.54, 1.807) is 0 Å². The smallest absolute Gasteiger partial charge is 0.347 e. The average Bonchev–Trinajstić information content (AvgIpc) is 2.75. The molecule has 1 aromatic rings. The average molecular weight is 228 g/mol. The highest BCUT2D eigenvalue weighted by Gasteiger charge is 2.30. The SMILES string of the molecule is CC1(Nc2ncc(C(=O)O)s2)CCOC1. The lowest BCUT2D eigenvalue weighted by molar-refractivity contribution is 0.0702. The minimum atomic E-state index is -0.937. The summed E-state index contributed by atoms with van der Waals surface area (Å²) < 4.78 is 5.28. The first-order chi connectivity index (χ1) is 7.09. The van der Waals surface area contributed by atoms with Crippen molar-refractivity contribution >= 4 is 22.4 Å². The molecule has 1 aliphatic rings. The fourth-order valence-electron chi connectivity index (χ4n) is 1.45. The van der Waals surface area contributed by atoms with Crippen molar-refractivity contribution in [1.29, 1.82) is 0 Å². The van der Waals surface area contributed by atoms with Gasteiger partial charge in [-0.15, -0.1) is 0 Å². The van der Waals surface area contributed by atoms with Crippen LogP contribution in [0.25, 0.3) is 0 Å². The van der Waals surface area contributed by atoms with E-state index in [0.29, 0.717) is 11.7 Å². The van der Waals surface area contributed by atoms with Gasteiger partial charge in [-0.3, -0.25) is 0 Å². The molecule has 6 heteroatoms. The Labute approximate surface area is 91.1 Å². The summed E-state index contributed by atoms with van der Waals surface area (Å²) in [5.74, 6) is -0.937. The Morgan fingerprint density at radius 3 is 3.13 bits per heavy atom. The Kier molecular flexibility index (Phi) is 2.62. The lowest BCUT2D eigenvalue weighted by atomic mass is 10.0. The molecule has 15 heavy (non-hydrogen) atoms. The predicted octanol–water partition coefficient (Wildman–Crippen LogP) is 1.43. The highest BCUT2D eigenvalue weighted by molar-refractivity contribution is 7.17. The molecule has 1 unspecified atom stereocenters. The zero-order chi connectivity index (χ0) is 10.9. The number of carboxylic acid groups (broad SMARTS) is 1. The van der Waals surface area contributed by atoms with Gasteiger partial charge in [-0.25, -0.2) is 9.78 Å². The summed E-state index contributed by atoms with van der Waals surface area (Å²) in [6.07, 6.45) is 2.28. The van der Waals surface area contributed by atoms with E-state index in [0.717, 1.165) is 24.4 Å². The molecule has 0 radical (unpaired) electrons. The Bertz CT molecular complexity index is 371. The van der Waals surface area contributed by atoms with Crippen LogP contribution in [0, 0.1) is 0 Å². The quantitative estimate of drug-likeness (QED) is 0.819. The van der Waals surface area contributed by atoms with Crippen LogP contribution < -0.4 is 5.32 Å². The zero-order valence-corrected chi connectivity index (χ0v) is 9.13. The molecule has 0 aromatic carbocycles. The number of rotatable bonds is 3. The van der Waals surface area contributed by atoms with Gasteiger partial charge in [0.05, 0.1) is 18.3 Å². The van der Waals surface area contributed by atoms with Crippen molar-refractivity contribution in [3.05, 3.63) is 11.1 Å². The van der Waals surface area contributed by atoms with Crippen LogP contribution >= 0.6 is 11.3 Å². The van der Waals surface area contributed by atoms with Gasteiger partial charge in [-0.2, -0.15) is 0 Å². The molecule has 1 saturated heterocycles. The van der Waals surface area contributed by atoms with E-state index in [-0.39, 0.29) is 10.4 Å². The van der Waals surface area contributed by atoms with Gasteiger partial charge in [0.15, 0.2) is 5.13 Å². The normalized spacial score (nSPS) is 25.4. The van der Waals surface area contributed by atoms with Crippen LogP contribution in [-0.4, -0.2) is 34.8 Å². The largest absolute Gasteiger partial charge is 0.477 e. The van der Waals surface area contributed by atoms with Crippen molar-refractivity contribution in [2.24, 2.45) is 0 Å². The molecule has 5 nitrogen and oxygen atoms in total. The Hall–Kier alpha value is -1.14. The molecule has 1 fully saturated rings. The van der Waals surface area contributed by atoms with Crippen LogP contribution in [0.3, 0.4) is 0 Å². The van der Waals surface area contributed by atoms with E-state index in [1.807, 2.05) is 6.92 Å². The van der Waals surface area contributed by atoms with Gasteiger partial charge < -0.3 is 15.2 Å². The van der Waals surface area contributed by atoms with Gasteiger partial charge in [-0.05, 0) is 13.3 Å². The third-order valence-corrected chi connectivity index (χ3v) is 3.24. The van der Waals surface area contributed by atoms with Crippen LogP contribution in [0.5, 0.6) is 0 Å². The van der Waals surface area contributed by atoms with Crippen molar-refractivity contribution in [2.75, 3.05) is 18.5 Å². The van der Waals surface area contributed by atoms with E-state index in [9.17, 15) is 4.79 Å². The molecule has 2 heterocycles. The number of nitrogens with one attached hydrogen (secondary N) is 1. The van der Waals surface area contributed by atoms with Crippen LogP contribution in [0.2, 0.25) is 0 Å². The van der Waals surface area contributed by atoms with E-state index in [1.165, 1.54) is 6.20 Å². The number of nitrogens with zero attached hydrogens (tertiary/aromatic N) is 1. The van der Waals surface area contributed by atoms with Crippen molar-refractivity contribution in [3.63, 3.8) is 0 Å². The maximum absolute atomic E-state index is 10.6. The number of hydrogen-bond donors (Lipinski definition) is 2. The monoisotopic (exact) mass is 228 g/mol. The van der Waals surface area contributed by atoms with Gasteiger partial charge in [0.25, 0.3) is 0 Å². The summed E-state index contributed by atoms with van der Waals surface area (Å²) >= 11 is 1.15. The standard InChI is InChI=1S/C9H12N2O3S/c1-9(2-3-14-5-9)11-8-10-4-6(15-8)7(12)13/h4H,2-3,5H2,1H3,(H,10,11)(H,12,13). The van der Waals surface area contributed by atoms with Crippen LogP contribution in [0.15, 0.2) is 6.20 Å². The number of aromatic carboxylic acids is 1. The van der Waals surface area contributed by atoms with Crippen LogP contribution in [0.1, 0.15) is 23.0 Å². The van der Waals surface area contributed by atoms with Gasteiger partial charge in [0.1, 0.15) is 4.88 Å². The summed E-state index contributed by atoms with van der Waals surface area (Å²) in [5.41, 5.74) is -0.117. The summed E-state index contributed by atoms with van der Waals surface area (Å²) in [6.45, 7) is 3.41. The number of anilines is 1. The second kappa shape index (κ2) is 3.79. The second-order valence-electron chi connectivity index (χ2n) is 3.82. The van der Waals surface area contributed by atoms with Gasteiger partial charge >= 0.3 is 5.97 Å². The number of thiazole rings is 1. The summed E-state index contributed by atoms with van der Waals surface area (Å²) in [5, 5.41) is 12.6. The van der Waals surface area contributed by atoms with Crippen molar-refractivity contribution in [3.8, 4) is 0 Å². The molecule has 0 aliphatic carbocycles. The maximum Gasteiger partial charge on any atom is 0.347 e. The molecular formula is C9H12N2O3S. The lowest BCUT2D eigenvalue weighted by Gasteiger charge is -2.22. The maximum atomic E-state index is 10.6. The highest BCUT2D eigenvalue weighted by Crippen LogP contribution is 2.26. The molecule has 0 bridgehead atoms. The Morgan fingerprint density at radius 1 is 1.80 bits per heavy atom. The molecule has 2 N–H and O–H groups in total. The molecule has 0 spiro atoms. The fourth-order valence-corrected chi connectivity index (χ4v) is 2.26. The summed E-state index contributed by atoms with van der Waals surface area (Å²) in [7, 11) is 0. The van der Waals surface area contributed by atoms with Gasteiger partial charge in [0.2, 0.25) is 0 Å². The Morgan fingerprint density at radius 2 is 2.60 bits per heavy atom. The minimum Gasteiger partial charge on any atom is -0.477 e. The molecule has 1 aliphatic heterocycles. The molecule has 0 amide bonds. The van der Waals surface area contributed by atoms with E-state index in [2.05, 4.69) is 10.3 Å². The van der Waals surface area contributed by atoms with Crippen LogP contribution in [-0.2, 0) is 4.74 Å². The first kappa shape index (κ1) is 10.4. The predicted molar refractivity (Wildman–Crippen MR) is 56.5 cm³/mol. The summed E-state index contributed by atoms with van der Waals surface area (Å²) in [4.78, 5) is 14.9.